The first kappa shape index (κ1) is 12.0. The zero-order valence-electron chi connectivity index (χ0n) is 10.6. The van der Waals surface area contributed by atoms with Crippen LogP contribution in [0.5, 0.6) is 5.75 Å². The van der Waals surface area contributed by atoms with E-state index in [-0.39, 0.29) is 5.97 Å². The van der Waals surface area contributed by atoms with Crippen LogP contribution >= 0.6 is 0 Å². The fraction of sp³-hybridized carbons (Fsp3) is 0.500. The highest BCUT2D eigenvalue weighted by Gasteiger charge is 2.38. The molecule has 0 bridgehead atoms. The van der Waals surface area contributed by atoms with E-state index in [0.717, 1.165) is 24.2 Å². The quantitative estimate of drug-likeness (QED) is 0.737. The molecule has 0 aromatic heterocycles. The number of methoxy groups -OCH3 is 2. The SMILES string of the molecule is COC(=O)C1(C)CCc2cccc(OC)c2C1. The molecular formula is C14H18O3. The van der Waals surface area contributed by atoms with Gasteiger partial charge >= 0.3 is 5.97 Å². The van der Waals surface area contributed by atoms with E-state index in [1.165, 1.54) is 12.7 Å². The largest absolute Gasteiger partial charge is 0.496 e. The predicted molar refractivity (Wildman–Crippen MR) is 65.1 cm³/mol. The molecule has 92 valence electrons. The third-order valence-electron chi connectivity index (χ3n) is 3.64. The third kappa shape index (κ3) is 2.02. The molecule has 0 aliphatic heterocycles. The van der Waals surface area contributed by atoms with Gasteiger partial charge in [0.15, 0.2) is 0 Å². The van der Waals surface area contributed by atoms with Gasteiger partial charge in [0.2, 0.25) is 0 Å². The summed E-state index contributed by atoms with van der Waals surface area (Å²) >= 11 is 0. The van der Waals surface area contributed by atoms with E-state index in [2.05, 4.69) is 6.07 Å². The molecule has 0 fully saturated rings. The second-order valence-electron chi connectivity index (χ2n) is 4.83. The van der Waals surface area contributed by atoms with Crippen LogP contribution in [-0.4, -0.2) is 20.2 Å². The summed E-state index contributed by atoms with van der Waals surface area (Å²) in [5.41, 5.74) is 2.01. The molecule has 1 aromatic carbocycles. The van der Waals surface area contributed by atoms with E-state index >= 15 is 0 Å². The standard InChI is InChI=1S/C14H18O3/c1-14(13(15)17-3)8-7-10-5-4-6-12(16-2)11(10)9-14/h4-6H,7-9H2,1-3H3. The Bertz CT molecular complexity index is 425. The lowest BCUT2D eigenvalue weighted by Crippen LogP contribution is -2.35. The normalized spacial score (nSPS) is 22.8. The molecule has 1 aromatic rings. The summed E-state index contributed by atoms with van der Waals surface area (Å²) in [5, 5.41) is 0. The smallest absolute Gasteiger partial charge is 0.311 e. The van der Waals surface area contributed by atoms with Crippen LogP contribution in [0.2, 0.25) is 0 Å². The fourth-order valence-electron chi connectivity index (χ4n) is 2.55. The zero-order chi connectivity index (χ0) is 12.5. The molecule has 2 rings (SSSR count). The molecule has 1 aliphatic carbocycles. The maximum Gasteiger partial charge on any atom is 0.311 e. The van der Waals surface area contributed by atoms with Crippen LogP contribution in [0.1, 0.15) is 24.5 Å². The minimum Gasteiger partial charge on any atom is -0.496 e. The van der Waals surface area contributed by atoms with Crippen molar-refractivity contribution < 1.29 is 14.3 Å². The Morgan fingerprint density at radius 2 is 2.12 bits per heavy atom. The topological polar surface area (TPSA) is 35.5 Å². The maximum atomic E-state index is 11.8. The van der Waals surface area contributed by atoms with Gasteiger partial charge in [-0.15, -0.1) is 0 Å². The number of ether oxygens (including phenoxy) is 2. The van der Waals surface area contributed by atoms with Gasteiger partial charge in [0.05, 0.1) is 19.6 Å². The number of rotatable bonds is 2. The predicted octanol–water partition coefficient (Wildman–Crippen LogP) is 2.36. The van der Waals surface area contributed by atoms with E-state index in [1.54, 1.807) is 7.11 Å². The highest BCUT2D eigenvalue weighted by atomic mass is 16.5. The average Bonchev–Trinajstić information content (AvgIpc) is 2.37. The van der Waals surface area contributed by atoms with Crippen molar-refractivity contribution in [2.75, 3.05) is 14.2 Å². The van der Waals surface area contributed by atoms with Gasteiger partial charge in [0.25, 0.3) is 0 Å². The second kappa shape index (κ2) is 4.40. The van der Waals surface area contributed by atoms with Crippen molar-refractivity contribution in [2.24, 2.45) is 5.41 Å². The van der Waals surface area contributed by atoms with Crippen molar-refractivity contribution in [2.45, 2.75) is 26.2 Å². The monoisotopic (exact) mass is 234 g/mol. The molecular weight excluding hydrogens is 216 g/mol. The van der Waals surface area contributed by atoms with Gasteiger partial charge in [-0.3, -0.25) is 4.79 Å². The molecule has 0 saturated heterocycles. The summed E-state index contributed by atoms with van der Waals surface area (Å²) in [6, 6.07) is 6.05. The average molecular weight is 234 g/mol. The van der Waals surface area contributed by atoms with Crippen molar-refractivity contribution in [1.82, 2.24) is 0 Å². The fourth-order valence-corrected chi connectivity index (χ4v) is 2.55. The van der Waals surface area contributed by atoms with Gasteiger partial charge in [-0.2, -0.15) is 0 Å². The Labute approximate surface area is 102 Å². The van der Waals surface area contributed by atoms with E-state index in [1.807, 2.05) is 19.1 Å². The first-order chi connectivity index (χ1) is 8.10. The number of benzene rings is 1. The summed E-state index contributed by atoms with van der Waals surface area (Å²) in [6.45, 7) is 1.97. The molecule has 0 amide bonds. The number of hydrogen-bond acceptors (Lipinski definition) is 3. The molecule has 1 atom stereocenters. The Morgan fingerprint density at radius 3 is 2.76 bits per heavy atom. The minimum absolute atomic E-state index is 0.131. The van der Waals surface area contributed by atoms with E-state index in [0.29, 0.717) is 6.42 Å². The van der Waals surface area contributed by atoms with E-state index in [4.69, 9.17) is 9.47 Å². The summed E-state index contributed by atoms with van der Waals surface area (Å²) in [7, 11) is 3.12. The van der Waals surface area contributed by atoms with Crippen molar-refractivity contribution in [3.8, 4) is 5.75 Å². The van der Waals surface area contributed by atoms with Crippen LogP contribution in [0, 0.1) is 5.41 Å². The van der Waals surface area contributed by atoms with Crippen LogP contribution < -0.4 is 4.74 Å². The molecule has 0 N–H and O–H groups in total. The molecule has 1 aliphatic rings. The van der Waals surface area contributed by atoms with E-state index < -0.39 is 5.41 Å². The highest BCUT2D eigenvalue weighted by molar-refractivity contribution is 5.77. The molecule has 0 radical (unpaired) electrons. The molecule has 3 nitrogen and oxygen atoms in total. The number of carbonyl (C=O) groups excluding carboxylic acids is 1. The van der Waals surface area contributed by atoms with Crippen molar-refractivity contribution in [1.29, 1.82) is 0 Å². The summed E-state index contributed by atoms with van der Waals surface area (Å²) in [6.07, 6.45) is 2.43. The number of hydrogen-bond donors (Lipinski definition) is 0. The lowest BCUT2D eigenvalue weighted by atomic mass is 9.72. The molecule has 1 unspecified atom stereocenters. The number of fused-ring (bicyclic) bond motifs is 1. The first-order valence-corrected chi connectivity index (χ1v) is 5.84. The van der Waals surface area contributed by atoms with Crippen molar-refractivity contribution >= 4 is 5.97 Å². The van der Waals surface area contributed by atoms with Gasteiger partial charge in [0, 0.05) is 0 Å². The van der Waals surface area contributed by atoms with Gasteiger partial charge < -0.3 is 9.47 Å². The summed E-state index contributed by atoms with van der Waals surface area (Å²) in [5.74, 6) is 0.742. The van der Waals surface area contributed by atoms with Crippen LogP contribution in [-0.2, 0) is 22.4 Å². The van der Waals surface area contributed by atoms with Crippen LogP contribution in [0.25, 0.3) is 0 Å². The van der Waals surface area contributed by atoms with Gasteiger partial charge in [-0.05, 0) is 43.4 Å². The van der Waals surface area contributed by atoms with E-state index in [9.17, 15) is 4.79 Å². The van der Waals surface area contributed by atoms with Gasteiger partial charge in [-0.25, -0.2) is 0 Å². The van der Waals surface area contributed by atoms with Crippen molar-refractivity contribution in [3.63, 3.8) is 0 Å². The molecule has 0 spiro atoms. The Morgan fingerprint density at radius 1 is 1.35 bits per heavy atom. The highest BCUT2D eigenvalue weighted by Crippen LogP contribution is 2.39. The third-order valence-corrected chi connectivity index (χ3v) is 3.64. The van der Waals surface area contributed by atoms with Crippen LogP contribution in [0.4, 0.5) is 0 Å². The summed E-state index contributed by atoms with van der Waals surface area (Å²) in [4.78, 5) is 11.8. The molecule has 0 saturated carbocycles. The maximum absolute atomic E-state index is 11.8. The lowest BCUT2D eigenvalue weighted by molar-refractivity contribution is -0.152. The number of esters is 1. The van der Waals surface area contributed by atoms with Gasteiger partial charge in [0.1, 0.15) is 5.75 Å². The number of aryl methyl sites for hydroxylation is 1. The molecule has 3 heteroatoms. The van der Waals surface area contributed by atoms with Crippen molar-refractivity contribution in [3.05, 3.63) is 29.3 Å². The summed E-state index contributed by atoms with van der Waals surface area (Å²) < 4.78 is 10.3. The first-order valence-electron chi connectivity index (χ1n) is 5.84. The second-order valence-corrected chi connectivity index (χ2v) is 4.83. The lowest BCUT2D eigenvalue weighted by Gasteiger charge is -2.32. The Hall–Kier alpha value is -1.51. The number of carbonyl (C=O) groups is 1. The molecule has 0 heterocycles. The minimum atomic E-state index is -0.420. The Kier molecular flexibility index (Phi) is 3.09. The Balaban J connectivity index is 2.37. The van der Waals surface area contributed by atoms with Crippen LogP contribution in [0.15, 0.2) is 18.2 Å². The zero-order valence-corrected chi connectivity index (χ0v) is 10.6. The van der Waals surface area contributed by atoms with Gasteiger partial charge in [-0.1, -0.05) is 12.1 Å². The molecule has 17 heavy (non-hydrogen) atoms. The van der Waals surface area contributed by atoms with Crippen LogP contribution in [0.3, 0.4) is 0 Å².